The predicted molar refractivity (Wildman–Crippen MR) is 98.3 cm³/mol. The molecule has 0 unspecified atom stereocenters. The molecule has 2 aromatic heterocycles. The van der Waals surface area contributed by atoms with Crippen molar-refractivity contribution in [3.63, 3.8) is 0 Å². The van der Waals surface area contributed by atoms with Crippen LogP contribution in [0.1, 0.15) is 10.4 Å². The number of hydrogen-bond acceptors (Lipinski definition) is 7. The number of carbonyl (C=O) groups is 1. The summed E-state index contributed by atoms with van der Waals surface area (Å²) in [6, 6.07) is 9.88. The van der Waals surface area contributed by atoms with Crippen LogP contribution in [0.5, 0.6) is 0 Å². The molecule has 5 N–H and O–H groups in total. The number of pyridine rings is 1. The van der Waals surface area contributed by atoms with Crippen molar-refractivity contribution in [2.24, 2.45) is 0 Å². The van der Waals surface area contributed by atoms with Gasteiger partial charge in [0.2, 0.25) is 0 Å². The summed E-state index contributed by atoms with van der Waals surface area (Å²) in [6.07, 6.45) is 3.02. The van der Waals surface area contributed by atoms with E-state index in [0.29, 0.717) is 28.8 Å². The molecule has 25 heavy (non-hydrogen) atoms. The molecule has 0 aliphatic heterocycles. The largest absolute Gasteiger partial charge is 0.478 e. The highest BCUT2D eigenvalue weighted by Crippen LogP contribution is 2.27. The lowest BCUT2D eigenvalue weighted by molar-refractivity contribution is 0.0697. The first-order valence-electron chi connectivity index (χ1n) is 7.12. The summed E-state index contributed by atoms with van der Waals surface area (Å²) in [4.78, 5) is 23.3. The maximum absolute atomic E-state index is 10.9. The van der Waals surface area contributed by atoms with Gasteiger partial charge in [-0.15, -0.1) is 0 Å². The number of carboxylic acids is 1. The zero-order valence-corrected chi connectivity index (χ0v) is 14.4. The van der Waals surface area contributed by atoms with Crippen LogP contribution in [0.3, 0.4) is 0 Å². The normalized spacial score (nSPS) is 10.3. The Hall–Kier alpha value is -3.20. The van der Waals surface area contributed by atoms with Gasteiger partial charge in [0.05, 0.1) is 5.56 Å². The number of aromatic nitrogens is 3. The molecular weight excluding hydrogens is 388 g/mol. The van der Waals surface area contributed by atoms with Crippen LogP contribution in [-0.4, -0.2) is 26.0 Å². The summed E-state index contributed by atoms with van der Waals surface area (Å²) in [5.41, 5.74) is 7.27. The standard InChI is InChI=1S/C16H13BrN6O2/c17-10-3-6-12(19-7-10)23-15-13(18)14(20-8-21-15)22-11-4-1-9(2-5-11)16(24)25/h1-8H,18H2,(H,24,25)(H2,19,20,21,22,23). The third kappa shape index (κ3) is 4.01. The highest BCUT2D eigenvalue weighted by atomic mass is 79.9. The molecule has 0 amide bonds. The fourth-order valence-electron chi connectivity index (χ4n) is 2.00. The van der Waals surface area contributed by atoms with E-state index >= 15 is 0 Å². The second kappa shape index (κ2) is 7.14. The van der Waals surface area contributed by atoms with Crippen LogP contribution >= 0.6 is 15.9 Å². The summed E-state index contributed by atoms with van der Waals surface area (Å²) in [5.74, 6) is 0.416. The Morgan fingerprint density at radius 3 is 2.28 bits per heavy atom. The molecule has 8 nitrogen and oxygen atoms in total. The van der Waals surface area contributed by atoms with Crippen molar-refractivity contribution in [3.8, 4) is 0 Å². The van der Waals surface area contributed by atoms with E-state index in [-0.39, 0.29) is 5.56 Å². The van der Waals surface area contributed by atoms with E-state index in [1.807, 2.05) is 6.07 Å². The number of rotatable bonds is 5. The smallest absolute Gasteiger partial charge is 0.335 e. The number of carboxylic acid groups (broad SMARTS) is 1. The van der Waals surface area contributed by atoms with E-state index in [1.54, 1.807) is 24.4 Å². The van der Waals surface area contributed by atoms with E-state index in [0.717, 1.165) is 4.47 Å². The Labute approximate surface area is 151 Å². The van der Waals surface area contributed by atoms with Crippen molar-refractivity contribution >= 4 is 50.7 Å². The first kappa shape index (κ1) is 16.7. The lowest BCUT2D eigenvalue weighted by Gasteiger charge is -2.12. The fourth-order valence-corrected chi connectivity index (χ4v) is 2.23. The van der Waals surface area contributed by atoms with Crippen LogP contribution in [-0.2, 0) is 0 Å². The molecule has 0 saturated heterocycles. The predicted octanol–water partition coefficient (Wildman–Crippen LogP) is 3.40. The molecule has 0 saturated carbocycles. The van der Waals surface area contributed by atoms with Gasteiger partial charge in [-0.25, -0.2) is 19.7 Å². The Kier molecular flexibility index (Phi) is 4.75. The molecule has 2 heterocycles. The number of nitrogens with one attached hydrogen (secondary N) is 2. The lowest BCUT2D eigenvalue weighted by atomic mass is 10.2. The highest BCUT2D eigenvalue weighted by molar-refractivity contribution is 9.10. The van der Waals surface area contributed by atoms with Gasteiger partial charge in [0.15, 0.2) is 11.6 Å². The summed E-state index contributed by atoms with van der Waals surface area (Å²) in [6.45, 7) is 0. The molecule has 0 fully saturated rings. The summed E-state index contributed by atoms with van der Waals surface area (Å²) in [7, 11) is 0. The van der Waals surface area contributed by atoms with Crippen LogP contribution in [0.15, 0.2) is 53.4 Å². The molecule has 0 aliphatic rings. The number of benzene rings is 1. The third-order valence-electron chi connectivity index (χ3n) is 3.25. The Bertz CT molecular complexity index is 900. The third-order valence-corrected chi connectivity index (χ3v) is 3.72. The van der Waals surface area contributed by atoms with Gasteiger partial charge < -0.3 is 21.5 Å². The number of hydrogen-bond donors (Lipinski definition) is 4. The molecule has 126 valence electrons. The second-order valence-corrected chi connectivity index (χ2v) is 5.89. The monoisotopic (exact) mass is 400 g/mol. The van der Waals surface area contributed by atoms with Gasteiger partial charge >= 0.3 is 5.97 Å². The van der Waals surface area contributed by atoms with Crippen LogP contribution in [0.2, 0.25) is 0 Å². The molecule has 1 aromatic carbocycles. The lowest BCUT2D eigenvalue weighted by Crippen LogP contribution is -2.06. The molecule has 0 bridgehead atoms. The van der Waals surface area contributed by atoms with Gasteiger partial charge in [0.1, 0.15) is 17.8 Å². The van der Waals surface area contributed by atoms with E-state index in [9.17, 15) is 4.79 Å². The molecular formula is C16H13BrN6O2. The van der Waals surface area contributed by atoms with Crippen LogP contribution in [0.4, 0.5) is 28.8 Å². The van der Waals surface area contributed by atoms with Crippen LogP contribution < -0.4 is 16.4 Å². The molecule has 0 atom stereocenters. The van der Waals surface area contributed by atoms with Crippen LogP contribution in [0, 0.1) is 0 Å². The van der Waals surface area contributed by atoms with Gasteiger partial charge in [-0.05, 0) is 52.3 Å². The minimum atomic E-state index is -0.985. The maximum atomic E-state index is 10.9. The summed E-state index contributed by atoms with van der Waals surface area (Å²) >= 11 is 3.32. The van der Waals surface area contributed by atoms with Crippen LogP contribution in [0.25, 0.3) is 0 Å². The van der Waals surface area contributed by atoms with Crippen molar-refractivity contribution < 1.29 is 9.90 Å². The van der Waals surface area contributed by atoms with Crippen molar-refractivity contribution in [2.75, 3.05) is 16.4 Å². The SMILES string of the molecule is Nc1c(Nc2ccc(C(=O)O)cc2)ncnc1Nc1ccc(Br)cn1. The summed E-state index contributed by atoms with van der Waals surface area (Å²) < 4.78 is 0.862. The van der Waals surface area contributed by atoms with E-state index in [2.05, 4.69) is 41.5 Å². The minimum Gasteiger partial charge on any atom is -0.478 e. The Balaban J connectivity index is 1.80. The van der Waals surface area contributed by atoms with Crippen molar-refractivity contribution in [1.29, 1.82) is 0 Å². The number of aromatic carboxylic acids is 1. The Morgan fingerprint density at radius 2 is 1.68 bits per heavy atom. The average molecular weight is 401 g/mol. The van der Waals surface area contributed by atoms with Gasteiger partial charge in [-0.1, -0.05) is 0 Å². The first-order chi connectivity index (χ1) is 12.0. The van der Waals surface area contributed by atoms with E-state index < -0.39 is 5.97 Å². The maximum Gasteiger partial charge on any atom is 0.335 e. The molecule has 0 aliphatic carbocycles. The zero-order valence-electron chi connectivity index (χ0n) is 12.8. The van der Waals surface area contributed by atoms with Gasteiger partial charge in [-0.3, -0.25) is 0 Å². The highest BCUT2D eigenvalue weighted by Gasteiger charge is 2.10. The number of anilines is 5. The average Bonchev–Trinajstić information content (AvgIpc) is 2.61. The second-order valence-electron chi connectivity index (χ2n) is 4.98. The van der Waals surface area contributed by atoms with Crippen molar-refractivity contribution in [2.45, 2.75) is 0 Å². The van der Waals surface area contributed by atoms with E-state index in [4.69, 9.17) is 10.8 Å². The minimum absolute atomic E-state index is 0.199. The molecule has 3 rings (SSSR count). The topological polar surface area (TPSA) is 126 Å². The molecule has 0 spiro atoms. The molecule has 3 aromatic rings. The molecule has 9 heteroatoms. The van der Waals surface area contributed by atoms with Gasteiger partial charge in [0.25, 0.3) is 0 Å². The Morgan fingerprint density at radius 1 is 1.00 bits per heavy atom. The number of nitrogen functional groups attached to an aromatic ring is 1. The number of nitrogens with two attached hydrogens (primary N) is 1. The van der Waals surface area contributed by atoms with Crippen molar-refractivity contribution in [1.82, 2.24) is 15.0 Å². The van der Waals surface area contributed by atoms with Gasteiger partial charge in [-0.2, -0.15) is 0 Å². The number of nitrogens with zero attached hydrogens (tertiary/aromatic N) is 3. The zero-order chi connectivity index (χ0) is 17.8. The fraction of sp³-hybridized carbons (Fsp3) is 0. The van der Waals surface area contributed by atoms with Crippen molar-refractivity contribution in [3.05, 3.63) is 59.0 Å². The van der Waals surface area contributed by atoms with Gasteiger partial charge in [0, 0.05) is 16.4 Å². The summed E-state index contributed by atoms with van der Waals surface area (Å²) in [5, 5.41) is 15.0. The number of halogens is 1. The van der Waals surface area contributed by atoms with E-state index in [1.165, 1.54) is 18.5 Å². The molecule has 0 radical (unpaired) electrons. The first-order valence-corrected chi connectivity index (χ1v) is 7.91. The quantitative estimate of drug-likeness (QED) is 0.513.